The molecule has 0 amide bonds. The minimum absolute atomic E-state index is 0.0692. The number of piperazine rings is 1. The summed E-state index contributed by atoms with van der Waals surface area (Å²) in [6.07, 6.45) is 5.36. The van der Waals surface area contributed by atoms with Gasteiger partial charge in [-0.1, -0.05) is 19.9 Å². The van der Waals surface area contributed by atoms with Crippen molar-refractivity contribution in [3.05, 3.63) is 57.9 Å². The van der Waals surface area contributed by atoms with Crippen LogP contribution in [0.1, 0.15) is 68.9 Å². The first kappa shape index (κ1) is 25.3. The first-order valence-corrected chi connectivity index (χ1v) is 13.0. The molecule has 1 aliphatic heterocycles. The average Bonchev–Trinajstić information content (AvgIpc) is 3.33. The van der Waals surface area contributed by atoms with E-state index in [1.54, 1.807) is 36.1 Å². The highest BCUT2D eigenvalue weighted by Crippen LogP contribution is 2.55. The summed E-state index contributed by atoms with van der Waals surface area (Å²) in [5, 5.41) is 9.16. The van der Waals surface area contributed by atoms with E-state index < -0.39 is 11.8 Å². The standard InChI is InChI=1S/C27H33F2N7O/c1-5-20-16-35(24-11-25(37)33(4)36-14-19(9-10-30)32-26(24)36)21(6-2)15-34(20)17(3)18-7-8-23(31-13-18)22-12-27(22,28)29/h7-8,11,13-14,17,20-22H,5-6,9,12,15-16H2,1-4H3/t17?,20-,21?,22?/m1/s1. The van der Waals surface area contributed by atoms with Crippen LogP contribution in [0, 0.1) is 11.3 Å². The van der Waals surface area contributed by atoms with Crippen LogP contribution in [0.2, 0.25) is 0 Å². The number of nitriles is 1. The molecule has 37 heavy (non-hydrogen) atoms. The summed E-state index contributed by atoms with van der Waals surface area (Å²) in [5.74, 6) is -3.37. The van der Waals surface area contributed by atoms with Crippen LogP contribution in [-0.2, 0) is 13.5 Å². The van der Waals surface area contributed by atoms with Crippen molar-refractivity contribution in [1.82, 2.24) is 24.1 Å². The summed E-state index contributed by atoms with van der Waals surface area (Å²) in [7, 11) is 1.70. The predicted molar refractivity (Wildman–Crippen MR) is 137 cm³/mol. The van der Waals surface area contributed by atoms with Crippen LogP contribution in [-0.4, -0.2) is 55.2 Å². The Kier molecular flexibility index (Phi) is 6.52. The molecule has 1 saturated carbocycles. The van der Waals surface area contributed by atoms with Crippen molar-refractivity contribution in [2.24, 2.45) is 7.05 Å². The number of rotatable bonds is 7. The molecule has 1 aliphatic carbocycles. The van der Waals surface area contributed by atoms with E-state index in [9.17, 15) is 13.6 Å². The SMILES string of the molecule is CCC1CN(C(C)c2ccc(C3CC3(F)F)nc2)[C@H](CC)CN1c1cc(=O)n(C)n2cc(CC#N)nc12. The van der Waals surface area contributed by atoms with Crippen molar-refractivity contribution in [1.29, 1.82) is 5.26 Å². The topological polar surface area (TPSA) is 82.5 Å². The summed E-state index contributed by atoms with van der Waals surface area (Å²) in [4.78, 5) is 26.7. The zero-order valence-electron chi connectivity index (χ0n) is 21.7. The number of anilines is 1. The molecular weight excluding hydrogens is 476 g/mol. The highest BCUT2D eigenvalue weighted by molar-refractivity contribution is 5.69. The molecular formula is C27H33F2N7O. The number of imidazole rings is 1. The summed E-state index contributed by atoms with van der Waals surface area (Å²) in [6, 6.07) is 7.91. The van der Waals surface area contributed by atoms with E-state index in [0.717, 1.165) is 37.2 Å². The Morgan fingerprint density at radius 1 is 1.22 bits per heavy atom. The molecule has 0 N–H and O–H groups in total. The van der Waals surface area contributed by atoms with Gasteiger partial charge < -0.3 is 4.90 Å². The fourth-order valence-corrected chi connectivity index (χ4v) is 5.63. The Bertz CT molecular complexity index is 1390. The van der Waals surface area contributed by atoms with Crippen LogP contribution in [0.15, 0.2) is 35.4 Å². The molecule has 0 spiro atoms. The van der Waals surface area contributed by atoms with Crippen LogP contribution in [0.3, 0.4) is 0 Å². The molecule has 3 aromatic heterocycles. The maximum Gasteiger partial charge on any atom is 0.267 e. The molecule has 0 bridgehead atoms. The van der Waals surface area contributed by atoms with Crippen LogP contribution in [0.25, 0.3) is 5.65 Å². The van der Waals surface area contributed by atoms with E-state index >= 15 is 0 Å². The van der Waals surface area contributed by atoms with Crippen molar-refractivity contribution in [3.8, 4) is 6.07 Å². The second-order valence-electron chi connectivity index (χ2n) is 10.3. The lowest BCUT2D eigenvalue weighted by atomic mass is 9.97. The number of aryl methyl sites for hydroxylation is 1. The number of nitrogens with zero attached hydrogens (tertiary/aromatic N) is 7. The smallest absolute Gasteiger partial charge is 0.267 e. The molecule has 0 radical (unpaired) electrons. The Morgan fingerprint density at radius 2 is 1.95 bits per heavy atom. The quantitative estimate of drug-likeness (QED) is 0.478. The number of hydrogen-bond acceptors (Lipinski definition) is 6. The highest BCUT2D eigenvalue weighted by atomic mass is 19.3. The monoisotopic (exact) mass is 509 g/mol. The van der Waals surface area contributed by atoms with E-state index in [-0.39, 0.29) is 36.5 Å². The number of aromatic nitrogens is 4. The zero-order valence-corrected chi connectivity index (χ0v) is 21.7. The van der Waals surface area contributed by atoms with Gasteiger partial charge in [-0.05, 0) is 31.4 Å². The lowest BCUT2D eigenvalue weighted by Gasteiger charge is -2.49. The molecule has 5 rings (SSSR count). The molecule has 3 unspecified atom stereocenters. The van der Waals surface area contributed by atoms with Gasteiger partial charge in [-0.3, -0.25) is 14.7 Å². The maximum atomic E-state index is 13.5. The number of pyridine rings is 1. The van der Waals surface area contributed by atoms with E-state index in [4.69, 9.17) is 10.2 Å². The molecule has 0 aromatic carbocycles. The molecule has 8 nitrogen and oxygen atoms in total. The summed E-state index contributed by atoms with van der Waals surface area (Å²) < 4.78 is 30.2. The normalized spacial score (nSPS) is 24.2. The number of hydrogen-bond donors (Lipinski definition) is 0. The van der Waals surface area contributed by atoms with Gasteiger partial charge in [0.2, 0.25) is 0 Å². The summed E-state index contributed by atoms with van der Waals surface area (Å²) >= 11 is 0. The lowest BCUT2D eigenvalue weighted by Crippen LogP contribution is -2.59. The van der Waals surface area contributed by atoms with Gasteiger partial charge in [0.25, 0.3) is 11.5 Å². The van der Waals surface area contributed by atoms with Crippen molar-refractivity contribution in [3.63, 3.8) is 0 Å². The second-order valence-corrected chi connectivity index (χ2v) is 10.3. The van der Waals surface area contributed by atoms with Gasteiger partial charge in [0, 0.05) is 62.6 Å². The van der Waals surface area contributed by atoms with Crippen molar-refractivity contribution < 1.29 is 8.78 Å². The Morgan fingerprint density at radius 3 is 2.54 bits per heavy atom. The summed E-state index contributed by atoms with van der Waals surface area (Å²) in [6.45, 7) is 7.95. The fourth-order valence-electron chi connectivity index (χ4n) is 5.63. The third-order valence-corrected chi connectivity index (χ3v) is 8.09. The maximum absolute atomic E-state index is 13.5. The fraction of sp³-hybridized carbons (Fsp3) is 0.556. The third-order valence-electron chi connectivity index (χ3n) is 8.09. The molecule has 2 fully saturated rings. The van der Waals surface area contributed by atoms with Crippen LogP contribution < -0.4 is 10.5 Å². The van der Waals surface area contributed by atoms with Gasteiger partial charge >= 0.3 is 0 Å². The van der Waals surface area contributed by atoms with Gasteiger partial charge in [0.15, 0.2) is 5.65 Å². The van der Waals surface area contributed by atoms with Crippen molar-refractivity contribution in [2.45, 2.75) is 76.4 Å². The van der Waals surface area contributed by atoms with E-state index in [0.29, 0.717) is 17.0 Å². The average molecular weight is 510 g/mol. The Balaban J connectivity index is 1.44. The largest absolute Gasteiger partial charge is 0.362 e. The number of halogens is 2. The predicted octanol–water partition coefficient (Wildman–Crippen LogP) is 4.06. The van der Waals surface area contributed by atoms with Crippen LogP contribution in [0.4, 0.5) is 14.5 Å². The Labute approximate surface area is 215 Å². The zero-order chi connectivity index (χ0) is 26.5. The van der Waals surface area contributed by atoms with E-state index in [1.165, 1.54) is 4.68 Å². The highest BCUT2D eigenvalue weighted by Gasteiger charge is 2.58. The van der Waals surface area contributed by atoms with Crippen molar-refractivity contribution >= 4 is 11.3 Å². The van der Waals surface area contributed by atoms with Gasteiger partial charge in [-0.2, -0.15) is 5.26 Å². The molecule has 196 valence electrons. The molecule has 4 heterocycles. The van der Waals surface area contributed by atoms with Gasteiger partial charge in [-0.15, -0.1) is 0 Å². The third kappa shape index (κ3) is 4.50. The molecule has 1 saturated heterocycles. The molecule has 10 heteroatoms. The van der Waals surface area contributed by atoms with Crippen LogP contribution >= 0.6 is 0 Å². The van der Waals surface area contributed by atoms with Gasteiger partial charge in [-0.25, -0.2) is 23.0 Å². The van der Waals surface area contributed by atoms with Crippen molar-refractivity contribution in [2.75, 3.05) is 18.0 Å². The minimum atomic E-state index is -2.62. The molecule has 3 aromatic rings. The number of fused-ring (bicyclic) bond motifs is 1. The molecule has 4 atom stereocenters. The first-order valence-electron chi connectivity index (χ1n) is 13.0. The van der Waals surface area contributed by atoms with E-state index in [2.05, 4.69) is 41.6 Å². The van der Waals surface area contributed by atoms with E-state index in [1.807, 2.05) is 6.07 Å². The first-order chi connectivity index (χ1) is 17.7. The van der Waals surface area contributed by atoms with Gasteiger partial charge in [0.1, 0.15) is 0 Å². The molecule has 2 aliphatic rings. The summed E-state index contributed by atoms with van der Waals surface area (Å²) in [5.41, 5.74) is 3.46. The van der Waals surface area contributed by atoms with Crippen LogP contribution in [0.5, 0.6) is 0 Å². The number of alkyl halides is 2. The minimum Gasteiger partial charge on any atom is -0.362 e. The Hall–Kier alpha value is -3.32. The lowest BCUT2D eigenvalue weighted by molar-refractivity contribution is 0.101. The van der Waals surface area contributed by atoms with Gasteiger partial charge in [0.05, 0.1) is 36.0 Å². The second kappa shape index (κ2) is 9.53.